The maximum absolute atomic E-state index is 13.1. The molecule has 0 bridgehead atoms. The molecule has 1 heterocycles. The lowest BCUT2D eigenvalue weighted by Gasteiger charge is -2.16. The van der Waals surface area contributed by atoms with E-state index >= 15 is 0 Å². The second-order valence-corrected chi connectivity index (χ2v) is 5.73. The molecule has 3 N–H and O–H groups in total. The average Bonchev–Trinajstić information content (AvgIpc) is 2.60. The van der Waals surface area contributed by atoms with Crippen LogP contribution in [0.15, 0.2) is 24.3 Å². The summed E-state index contributed by atoms with van der Waals surface area (Å²) >= 11 is 0. The summed E-state index contributed by atoms with van der Waals surface area (Å²) in [5.74, 6) is -1.26. The van der Waals surface area contributed by atoms with Gasteiger partial charge in [0.05, 0.1) is 19.3 Å². The number of anilines is 3. The average molecular weight is 410 g/mol. The van der Waals surface area contributed by atoms with Crippen LogP contribution in [0.2, 0.25) is 0 Å². The van der Waals surface area contributed by atoms with Crippen molar-refractivity contribution in [2.75, 3.05) is 24.4 Å². The highest BCUT2D eigenvalue weighted by atomic mass is 19.4. The predicted octanol–water partition coefficient (Wildman–Crippen LogP) is 4.06. The van der Waals surface area contributed by atoms with Crippen LogP contribution in [0.3, 0.4) is 0 Å². The molecule has 12 heteroatoms. The summed E-state index contributed by atoms with van der Waals surface area (Å²) in [5.41, 5.74) is -2.55. The van der Waals surface area contributed by atoms with E-state index < -0.39 is 48.0 Å². The fraction of sp³-hybridized carbons (Fsp3) is 0.375. The van der Waals surface area contributed by atoms with Crippen LogP contribution < -0.4 is 15.4 Å². The maximum atomic E-state index is 13.1. The molecule has 154 valence electrons. The molecule has 0 aliphatic heterocycles. The molecular weight excluding hydrogens is 394 g/mol. The van der Waals surface area contributed by atoms with E-state index in [9.17, 15) is 26.3 Å². The van der Waals surface area contributed by atoms with Crippen molar-refractivity contribution >= 4 is 17.5 Å². The molecule has 0 unspecified atom stereocenters. The Kier molecular flexibility index (Phi) is 6.22. The number of alkyl halides is 6. The Morgan fingerprint density at radius 1 is 1.07 bits per heavy atom. The van der Waals surface area contributed by atoms with Crippen LogP contribution in [0.25, 0.3) is 0 Å². The zero-order valence-electron chi connectivity index (χ0n) is 14.6. The van der Waals surface area contributed by atoms with Crippen molar-refractivity contribution in [3.8, 4) is 5.75 Å². The van der Waals surface area contributed by atoms with Gasteiger partial charge in [-0.25, -0.2) is 4.98 Å². The van der Waals surface area contributed by atoms with E-state index in [-0.39, 0.29) is 11.5 Å². The lowest BCUT2D eigenvalue weighted by Crippen LogP contribution is -2.22. The summed E-state index contributed by atoms with van der Waals surface area (Å²) in [6.45, 7) is 1.09. The number of nitrogens with one attached hydrogen (secondary N) is 2. The molecule has 0 radical (unpaired) electrons. The number of halogens is 6. The van der Waals surface area contributed by atoms with E-state index in [1.165, 1.54) is 13.0 Å². The van der Waals surface area contributed by atoms with Gasteiger partial charge in [0, 0.05) is 17.8 Å². The van der Waals surface area contributed by atoms with Crippen molar-refractivity contribution < 1.29 is 36.2 Å². The van der Waals surface area contributed by atoms with Gasteiger partial charge in [-0.3, -0.25) is 0 Å². The fourth-order valence-corrected chi connectivity index (χ4v) is 2.14. The minimum Gasteiger partial charge on any atom is -0.496 e. The smallest absolute Gasteiger partial charge is 0.433 e. The number of aliphatic hydroxyl groups excluding tert-OH is 1. The molecule has 0 aliphatic rings. The lowest BCUT2D eigenvalue weighted by molar-refractivity contribution is -0.141. The molecule has 0 amide bonds. The Morgan fingerprint density at radius 3 is 2.29 bits per heavy atom. The van der Waals surface area contributed by atoms with Crippen LogP contribution in [0, 0.1) is 0 Å². The second kappa shape index (κ2) is 8.09. The SMILES string of the molecule is COc1ccc(Nc2cc(C(F)(F)F)nc(N[C@H](C)CO)n2)cc1C(F)(F)F. The van der Waals surface area contributed by atoms with Crippen molar-refractivity contribution in [2.45, 2.75) is 25.3 Å². The second-order valence-electron chi connectivity index (χ2n) is 5.73. The number of hydrogen-bond donors (Lipinski definition) is 3. The Balaban J connectivity index is 2.43. The van der Waals surface area contributed by atoms with Crippen molar-refractivity contribution in [2.24, 2.45) is 0 Å². The summed E-state index contributed by atoms with van der Waals surface area (Å²) in [7, 11) is 1.07. The van der Waals surface area contributed by atoms with Gasteiger partial charge in [-0.05, 0) is 25.1 Å². The van der Waals surface area contributed by atoms with E-state index in [1.54, 1.807) is 0 Å². The number of benzene rings is 1. The Bertz CT molecular complexity index is 826. The molecule has 1 aromatic carbocycles. The third kappa shape index (κ3) is 5.38. The number of hydrogen-bond acceptors (Lipinski definition) is 6. The Hall–Kier alpha value is -2.76. The van der Waals surface area contributed by atoms with Gasteiger partial charge in [0.25, 0.3) is 0 Å². The minimum atomic E-state index is -4.81. The number of rotatable bonds is 6. The standard InChI is InChI=1S/C16H16F6N4O2/c1-8(7-27)23-14-25-12(16(20,21)22)6-13(26-14)24-9-3-4-11(28-2)10(5-9)15(17,18)19/h3-6,8,27H,7H2,1-2H3,(H2,23,24,25,26)/t8-/m1/s1. The number of nitrogens with zero attached hydrogens (tertiary/aromatic N) is 2. The summed E-state index contributed by atoms with van der Waals surface area (Å²) in [5, 5.41) is 13.9. The van der Waals surface area contributed by atoms with Gasteiger partial charge in [-0.15, -0.1) is 0 Å². The first-order valence-electron chi connectivity index (χ1n) is 7.80. The van der Waals surface area contributed by atoms with Crippen LogP contribution in [0.4, 0.5) is 43.8 Å². The Morgan fingerprint density at radius 2 is 1.75 bits per heavy atom. The van der Waals surface area contributed by atoms with Gasteiger partial charge in [0.1, 0.15) is 11.6 Å². The van der Waals surface area contributed by atoms with Crippen molar-refractivity contribution in [1.29, 1.82) is 0 Å². The van der Waals surface area contributed by atoms with E-state index in [1.807, 2.05) is 0 Å². The summed E-state index contributed by atoms with van der Waals surface area (Å²) in [6, 6.07) is 2.84. The van der Waals surface area contributed by atoms with Crippen molar-refractivity contribution in [3.63, 3.8) is 0 Å². The zero-order chi connectivity index (χ0) is 21.1. The number of aliphatic hydroxyl groups is 1. The molecule has 0 saturated heterocycles. The minimum absolute atomic E-state index is 0.152. The molecule has 28 heavy (non-hydrogen) atoms. The van der Waals surface area contributed by atoms with Crippen LogP contribution >= 0.6 is 0 Å². The van der Waals surface area contributed by atoms with Gasteiger partial charge in [0.2, 0.25) is 5.95 Å². The first-order valence-corrected chi connectivity index (χ1v) is 7.80. The summed E-state index contributed by atoms with van der Waals surface area (Å²) < 4.78 is 83.2. The normalized spacial score (nSPS) is 13.2. The largest absolute Gasteiger partial charge is 0.496 e. The van der Waals surface area contributed by atoms with Gasteiger partial charge in [-0.1, -0.05) is 0 Å². The maximum Gasteiger partial charge on any atom is 0.433 e. The van der Waals surface area contributed by atoms with Crippen LogP contribution in [-0.4, -0.2) is 34.8 Å². The molecule has 0 aliphatic carbocycles. The zero-order valence-corrected chi connectivity index (χ0v) is 14.6. The monoisotopic (exact) mass is 410 g/mol. The number of methoxy groups -OCH3 is 1. The van der Waals surface area contributed by atoms with E-state index in [0.717, 1.165) is 13.2 Å². The van der Waals surface area contributed by atoms with Crippen LogP contribution in [0.1, 0.15) is 18.2 Å². The van der Waals surface area contributed by atoms with E-state index in [0.29, 0.717) is 12.1 Å². The van der Waals surface area contributed by atoms with Gasteiger partial charge in [-0.2, -0.15) is 31.3 Å². The number of ether oxygens (including phenoxy) is 1. The fourth-order valence-electron chi connectivity index (χ4n) is 2.14. The van der Waals surface area contributed by atoms with E-state index in [4.69, 9.17) is 5.11 Å². The van der Waals surface area contributed by atoms with Crippen LogP contribution in [0.5, 0.6) is 5.75 Å². The lowest BCUT2D eigenvalue weighted by atomic mass is 10.1. The van der Waals surface area contributed by atoms with Crippen LogP contribution in [-0.2, 0) is 12.4 Å². The highest BCUT2D eigenvalue weighted by Crippen LogP contribution is 2.38. The van der Waals surface area contributed by atoms with Gasteiger partial charge in [0.15, 0.2) is 5.69 Å². The topological polar surface area (TPSA) is 79.3 Å². The quantitative estimate of drug-likeness (QED) is 0.624. The first kappa shape index (κ1) is 21.5. The van der Waals surface area contributed by atoms with Gasteiger partial charge >= 0.3 is 12.4 Å². The molecule has 1 atom stereocenters. The predicted molar refractivity (Wildman–Crippen MR) is 88.5 cm³/mol. The molecule has 1 aromatic heterocycles. The highest BCUT2D eigenvalue weighted by Gasteiger charge is 2.35. The molecule has 0 spiro atoms. The third-order valence-corrected chi connectivity index (χ3v) is 3.44. The van der Waals surface area contributed by atoms with Crippen molar-refractivity contribution in [3.05, 3.63) is 35.5 Å². The third-order valence-electron chi connectivity index (χ3n) is 3.44. The molecule has 6 nitrogen and oxygen atoms in total. The molecule has 0 fully saturated rings. The van der Waals surface area contributed by atoms with Crippen molar-refractivity contribution in [1.82, 2.24) is 9.97 Å². The van der Waals surface area contributed by atoms with E-state index in [2.05, 4.69) is 25.3 Å². The Labute approximate surface area is 155 Å². The molecule has 2 rings (SSSR count). The number of aromatic nitrogens is 2. The molecule has 0 saturated carbocycles. The molecule has 2 aromatic rings. The van der Waals surface area contributed by atoms with Gasteiger partial charge < -0.3 is 20.5 Å². The molecular formula is C16H16F6N4O2. The first-order chi connectivity index (χ1) is 12.9. The summed E-state index contributed by atoms with van der Waals surface area (Å²) in [4.78, 5) is 7.13. The summed E-state index contributed by atoms with van der Waals surface area (Å²) in [6.07, 6.45) is -9.54. The highest BCUT2D eigenvalue weighted by molar-refractivity contribution is 5.61.